The van der Waals surface area contributed by atoms with Gasteiger partial charge in [0.05, 0.1) is 5.69 Å². The number of hydrogen-bond acceptors (Lipinski definition) is 5. The number of thiophene rings is 1. The second-order valence-corrected chi connectivity index (χ2v) is 6.06. The van der Waals surface area contributed by atoms with Gasteiger partial charge in [0.2, 0.25) is 0 Å². The predicted octanol–water partition coefficient (Wildman–Crippen LogP) is 2.90. The van der Waals surface area contributed by atoms with Crippen molar-refractivity contribution in [2.45, 2.75) is 0 Å². The van der Waals surface area contributed by atoms with Gasteiger partial charge < -0.3 is 14.5 Å². The molecule has 2 rings (SSSR count). The molecule has 112 valence electrons. The fourth-order valence-corrected chi connectivity index (χ4v) is 2.58. The first-order valence-electron chi connectivity index (χ1n) is 6.25. The average molecular weight is 326 g/mol. The minimum Gasteiger partial charge on any atom is -0.481 e. The standard InChI is InChI=1S/C14H16ClN3O2S/c1-17(2)14-10(5-4-7-16-14)18(3)12(19)9-20-11-6-8-21-13(11)15/h4-8H,9H2,1-3H3. The maximum Gasteiger partial charge on any atom is 0.264 e. The fourth-order valence-electron chi connectivity index (χ4n) is 1.75. The summed E-state index contributed by atoms with van der Waals surface area (Å²) in [6, 6.07) is 5.39. The third-order valence-corrected chi connectivity index (χ3v) is 3.99. The van der Waals surface area contributed by atoms with E-state index in [1.165, 1.54) is 16.2 Å². The quantitative estimate of drug-likeness (QED) is 0.848. The third kappa shape index (κ3) is 3.65. The van der Waals surface area contributed by atoms with E-state index in [1.54, 1.807) is 25.4 Å². The van der Waals surface area contributed by atoms with Gasteiger partial charge in [-0.2, -0.15) is 0 Å². The molecule has 2 aromatic heterocycles. The molecular weight excluding hydrogens is 310 g/mol. The Labute approximate surface area is 132 Å². The number of rotatable bonds is 5. The second kappa shape index (κ2) is 6.78. The molecule has 0 saturated carbocycles. The van der Waals surface area contributed by atoms with E-state index >= 15 is 0 Å². The van der Waals surface area contributed by atoms with Crippen LogP contribution in [0, 0.1) is 0 Å². The van der Waals surface area contributed by atoms with Crippen molar-refractivity contribution < 1.29 is 9.53 Å². The molecule has 0 atom stereocenters. The molecule has 0 aliphatic heterocycles. The molecule has 0 bridgehead atoms. The number of carbonyl (C=O) groups excluding carboxylic acids is 1. The number of anilines is 2. The van der Waals surface area contributed by atoms with Crippen molar-refractivity contribution in [2.75, 3.05) is 37.5 Å². The molecule has 0 fully saturated rings. The maximum absolute atomic E-state index is 12.2. The molecule has 0 radical (unpaired) electrons. The molecule has 2 heterocycles. The lowest BCUT2D eigenvalue weighted by Gasteiger charge is -2.23. The van der Waals surface area contributed by atoms with E-state index in [1.807, 2.05) is 30.4 Å². The summed E-state index contributed by atoms with van der Waals surface area (Å²) < 4.78 is 5.98. The summed E-state index contributed by atoms with van der Waals surface area (Å²) >= 11 is 7.30. The minimum atomic E-state index is -0.173. The molecule has 5 nitrogen and oxygen atoms in total. The summed E-state index contributed by atoms with van der Waals surface area (Å²) in [7, 11) is 5.46. The first kappa shape index (κ1) is 15.6. The Morgan fingerprint density at radius 1 is 1.38 bits per heavy atom. The van der Waals surface area contributed by atoms with Gasteiger partial charge in [0, 0.05) is 27.3 Å². The van der Waals surface area contributed by atoms with Crippen molar-refractivity contribution >= 4 is 40.4 Å². The van der Waals surface area contributed by atoms with Gasteiger partial charge in [-0.1, -0.05) is 11.6 Å². The van der Waals surface area contributed by atoms with Gasteiger partial charge in [-0.05, 0) is 23.6 Å². The highest BCUT2D eigenvalue weighted by Crippen LogP contribution is 2.30. The molecule has 0 aliphatic rings. The number of nitrogens with zero attached hydrogens (tertiary/aromatic N) is 3. The Morgan fingerprint density at radius 3 is 2.76 bits per heavy atom. The highest BCUT2D eigenvalue weighted by molar-refractivity contribution is 7.14. The minimum absolute atomic E-state index is 0.0747. The van der Waals surface area contributed by atoms with Gasteiger partial charge in [0.1, 0.15) is 10.1 Å². The number of likely N-dealkylation sites (N-methyl/N-ethyl adjacent to an activating group) is 1. The summed E-state index contributed by atoms with van der Waals surface area (Å²) in [5, 5.41) is 1.82. The highest BCUT2D eigenvalue weighted by Gasteiger charge is 2.17. The van der Waals surface area contributed by atoms with Crippen LogP contribution in [-0.2, 0) is 4.79 Å². The molecule has 0 aliphatic carbocycles. The predicted molar refractivity (Wildman–Crippen MR) is 86.8 cm³/mol. The zero-order valence-corrected chi connectivity index (χ0v) is 13.6. The van der Waals surface area contributed by atoms with Crippen molar-refractivity contribution in [3.8, 4) is 5.75 Å². The molecular formula is C14H16ClN3O2S. The van der Waals surface area contributed by atoms with Crippen LogP contribution in [0.15, 0.2) is 29.8 Å². The molecule has 0 unspecified atom stereocenters. The van der Waals surface area contributed by atoms with Crippen LogP contribution in [0.5, 0.6) is 5.75 Å². The molecule has 2 aromatic rings. The molecule has 1 amide bonds. The Balaban J connectivity index is 2.07. The lowest BCUT2D eigenvalue weighted by Crippen LogP contribution is -2.32. The van der Waals surface area contributed by atoms with Gasteiger partial charge in [0.15, 0.2) is 12.4 Å². The van der Waals surface area contributed by atoms with E-state index in [0.29, 0.717) is 10.1 Å². The van der Waals surface area contributed by atoms with Crippen molar-refractivity contribution in [1.82, 2.24) is 4.98 Å². The SMILES string of the molecule is CN(C)c1ncccc1N(C)C(=O)COc1ccsc1Cl. The number of carbonyl (C=O) groups is 1. The topological polar surface area (TPSA) is 45.7 Å². The van der Waals surface area contributed by atoms with Crippen LogP contribution in [0.1, 0.15) is 0 Å². The molecule has 0 aromatic carbocycles. The van der Waals surface area contributed by atoms with Gasteiger partial charge in [-0.15, -0.1) is 11.3 Å². The average Bonchev–Trinajstić information content (AvgIpc) is 2.89. The summed E-state index contributed by atoms with van der Waals surface area (Å²) in [6.07, 6.45) is 1.69. The lowest BCUT2D eigenvalue weighted by atomic mass is 10.3. The zero-order valence-electron chi connectivity index (χ0n) is 12.0. The van der Waals surface area contributed by atoms with Crippen molar-refractivity contribution in [3.05, 3.63) is 34.1 Å². The second-order valence-electron chi connectivity index (χ2n) is 4.54. The summed E-state index contributed by atoms with van der Waals surface area (Å²) in [5.41, 5.74) is 0.729. The van der Waals surface area contributed by atoms with E-state index in [-0.39, 0.29) is 12.5 Å². The molecule has 7 heteroatoms. The first-order valence-corrected chi connectivity index (χ1v) is 7.51. The van der Waals surface area contributed by atoms with E-state index in [4.69, 9.17) is 16.3 Å². The molecule has 0 N–H and O–H groups in total. The van der Waals surface area contributed by atoms with E-state index in [9.17, 15) is 4.79 Å². The van der Waals surface area contributed by atoms with Gasteiger partial charge >= 0.3 is 0 Å². The van der Waals surface area contributed by atoms with Crippen molar-refractivity contribution in [2.24, 2.45) is 0 Å². The Kier molecular flexibility index (Phi) is 5.03. The normalized spacial score (nSPS) is 10.3. The Bertz CT molecular complexity index is 630. The van der Waals surface area contributed by atoms with Gasteiger partial charge in [-0.25, -0.2) is 4.98 Å². The largest absolute Gasteiger partial charge is 0.481 e. The van der Waals surface area contributed by atoms with Crippen LogP contribution in [0.25, 0.3) is 0 Å². The highest BCUT2D eigenvalue weighted by atomic mass is 35.5. The Hall–Kier alpha value is -1.79. The van der Waals surface area contributed by atoms with E-state index < -0.39 is 0 Å². The lowest BCUT2D eigenvalue weighted by molar-refractivity contribution is -0.120. The summed E-state index contributed by atoms with van der Waals surface area (Å²) in [5.74, 6) is 1.08. The number of pyridine rings is 1. The first-order chi connectivity index (χ1) is 10.0. The number of amides is 1. The van der Waals surface area contributed by atoms with Gasteiger partial charge in [-0.3, -0.25) is 4.79 Å². The van der Waals surface area contributed by atoms with Crippen LogP contribution >= 0.6 is 22.9 Å². The zero-order chi connectivity index (χ0) is 15.4. The monoisotopic (exact) mass is 325 g/mol. The summed E-state index contributed by atoms with van der Waals surface area (Å²) in [6.45, 7) is -0.0747. The summed E-state index contributed by atoms with van der Waals surface area (Å²) in [4.78, 5) is 19.9. The van der Waals surface area contributed by atoms with Gasteiger partial charge in [0.25, 0.3) is 5.91 Å². The maximum atomic E-state index is 12.2. The number of aromatic nitrogens is 1. The number of ether oxygens (including phenoxy) is 1. The number of hydrogen-bond donors (Lipinski definition) is 0. The third-order valence-electron chi connectivity index (χ3n) is 2.86. The van der Waals surface area contributed by atoms with Crippen LogP contribution in [0.3, 0.4) is 0 Å². The van der Waals surface area contributed by atoms with Crippen LogP contribution < -0.4 is 14.5 Å². The van der Waals surface area contributed by atoms with Crippen molar-refractivity contribution in [3.63, 3.8) is 0 Å². The molecule has 0 spiro atoms. The fraction of sp³-hybridized carbons (Fsp3) is 0.286. The van der Waals surface area contributed by atoms with E-state index in [2.05, 4.69) is 4.98 Å². The van der Waals surface area contributed by atoms with Crippen molar-refractivity contribution in [1.29, 1.82) is 0 Å². The smallest absolute Gasteiger partial charge is 0.264 e. The van der Waals surface area contributed by atoms with Crippen LogP contribution in [0.2, 0.25) is 4.34 Å². The molecule has 21 heavy (non-hydrogen) atoms. The van der Waals surface area contributed by atoms with E-state index in [0.717, 1.165) is 11.5 Å². The number of halogens is 1. The van der Waals surface area contributed by atoms with Crippen LogP contribution in [0.4, 0.5) is 11.5 Å². The molecule has 0 saturated heterocycles. The Morgan fingerprint density at radius 2 is 2.14 bits per heavy atom. The van der Waals surface area contributed by atoms with Crippen LogP contribution in [-0.4, -0.2) is 38.6 Å².